The Morgan fingerprint density at radius 1 is 1.41 bits per heavy atom. The molecule has 2 heterocycles. The van der Waals surface area contributed by atoms with E-state index in [2.05, 4.69) is 17.2 Å². The van der Waals surface area contributed by atoms with E-state index >= 15 is 0 Å². The highest BCUT2D eigenvalue weighted by molar-refractivity contribution is 7.91. The first-order chi connectivity index (χ1) is 13.6. The highest BCUT2D eigenvalue weighted by Gasteiger charge is 2.40. The summed E-state index contributed by atoms with van der Waals surface area (Å²) >= 11 is 1.33. The fraction of sp³-hybridized carbons (Fsp3) is 0.450. The van der Waals surface area contributed by atoms with Gasteiger partial charge in [-0.05, 0) is 55.9 Å². The zero-order chi connectivity index (χ0) is 21.1. The molecule has 9 heteroatoms. The van der Waals surface area contributed by atoms with E-state index in [-0.39, 0.29) is 22.8 Å². The predicted molar refractivity (Wildman–Crippen MR) is 114 cm³/mol. The smallest absolute Gasteiger partial charge is 0.256 e. The van der Waals surface area contributed by atoms with Gasteiger partial charge in [-0.3, -0.25) is 9.59 Å². The van der Waals surface area contributed by atoms with Crippen molar-refractivity contribution in [1.82, 2.24) is 9.88 Å². The van der Waals surface area contributed by atoms with Crippen molar-refractivity contribution < 1.29 is 13.8 Å². The van der Waals surface area contributed by atoms with Crippen LogP contribution in [0.1, 0.15) is 48.3 Å². The maximum absolute atomic E-state index is 13.1. The number of fused-ring (bicyclic) bond motifs is 1. The van der Waals surface area contributed by atoms with Crippen LogP contribution in [0.5, 0.6) is 0 Å². The topological polar surface area (TPSA) is 103 Å². The summed E-state index contributed by atoms with van der Waals surface area (Å²) in [6.07, 6.45) is 3.62. The Balaban J connectivity index is 1.82. The van der Waals surface area contributed by atoms with Gasteiger partial charge in [0.05, 0.1) is 30.8 Å². The van der Waals surface area contributed by atoms with Crippen molar-refractivity contribution in [2.24, 2.45) is 5.92 Å². The number of hydrogen-bond donors (Lipinski definition) is 2. The second-order valence-electron chi connectivity index (χ2n) is 7.98. The Kier molecular flexibility index (Phi) is 4.77. The number of anilines is 1. The van der Waals surface area contributed by atoms with Crippen LogP contribution < -0.4 is 5.32 Å². The van der Waals surface area contributed by atoms with Gasteiger partial charge in [-0.2, -0.15) is 0 Å². The molecule has 0 radical (unpaired) electrons. The SMILES string of the molecule is CC(=O)Nc1nc(C)c(-c2cc3c(c(S(C)(=N)=O)c2)C(=O)N(C(C)C2CC2)C3)s1. The van der Waals surface area contributed by atoms with Gasteiger partial charge in [-0.15, -0.1) is 0 Å². The number of benzene rings is 1. The van der Waals surface area contributed by atoms with E-state index in [0.717, 1.165) is 34.5 Å². The Bertz CT molecular complexity index is 1130. The quantitative estimate of drug-likeness (QED) is 0.748. The van der Waals surface area contributed by atoms with Gasteiger partial charge in [0.1, 0.15) is 0 Å². The first-order valence-electron chi connectivity index (χ1n) is 9.53. The minimum absolute atomic E-state index is 0.122. The number of amides is 2. The molecule has 1 aliphatic heterocycles. The summed E-state index contributed by atoms with van der Waals surface area (Å²) in [5.74, 6) is 0.211. The maximum atomic E-state index is 13.1. The van der Waals surface area contributed by atoms with E-state index in [4.69, 9.17) is 4.78 Å². The summed E-state index contributed by atoms with van der Waals surface area (Å²) in [5.41, 5.74) is 2.75. The van der Waals surface area contributed by atoms with Crippen molar-refractivity contribution in [2.75, 3.05) is 11.6 Å². The number of rotatable bonds is 5. The molecule has 154 valence electrons. The number of nitrogens with one attached hydrogen (secondary N) is 2. The van der Waals surface area contributed by atoms with Crippen LogP contribution in [0, 0.1) is 17.6 Å². The van der Waals surface area contributed by atoms with Gasteiger partial charge in [0.15, 0.2) is 5.13 Å². The lowest BCUT2D eigenvalue weighted by Crippen LogP contribution is -2.35. The molecule has 1 aromatic carbocycles. The summed E-state index contributed by atoms with van der Waals surface area (Å²) in [5, 5.41) is 3.19. The lowest BCUT2D eigenvalue weighted by molar-refractivity contribution is -0.114. The summed E-state index contributed by atoms with van der Waals surface area (Å²) in [7, 11) is -3.10. The molecule has 4 rings (SSSR count). The van der Waals surface area contributed by atoms with Crippen LogP contribution >= 0.6 is 11.3 Å². The third-order valence-corrected chi connectivity index (χ3v) is 7.84. The monoisotopic (exact) mass is 432 g/mol. The Morgan fingerprint density at radius 2 is 2.10 bits per heavy atom. The van der Waals surface area contributed by atoms with Crippen molar-refractivity contribution in [3.8, 4) is 10.4 Å². The molecule has 2 aliphatic rings. The Hall–Kier alpha value is -2.26. The molecular formula is C20H24N4O3S2. The second-order valence-corrected chi connectivity index (χ2v) is 11.1. The number of nitrogens with zero attached hydrogens (tertiary/aromatic N) is 2. The molecule has 0 bridgehead atoms. The van der Waals surface area contributed by atoms with Gasteiger partial charge in [0.25, 0.3) is 5.91 Å². The van der Waals surface area contributed by atoms with Crippen LogP contribution in [-0.2, 0) is 21.1 Å². The standard InChI is InChI=1S/C20H24N4O3S2/c1-10-18(28-20(22-10)23-12(3)25)14-7-15-9-24(11(2)13-5-6-13)19(26)17(15)16(8-14)29(4,21)27/h7-8,11,13,21H,5-6,9H2,1-4H3,(H,22,23,25). The van der Waals surface area contributed by atoms with Crippen LogP contribution in [0.3, 0.4) is 0 Å². The summed E-state index contributed by atoms with van der Waals surface area (Å²) < 4.78 is 21.0. The number of aromatic nitrogens is 1. The molecule has 2 amide bonds. The summed E-state index contributed by atoms with van der Waals surface area (Å²) in [4.78, 5) is 31.9. The van der Waals surface area contributed by atoms with Crippen LogP contribution in [0.15, 0.2) is 17.0 Å². The van der Waals surface area contributed by atoms with Crippen molar-refractivity contribution in [3.05, 3.63) is 29.0 Å². The van der Waals surface area contributed by atoms with Crippen LogP contribution in [0.25, 0.3) is 10.4 Å². The van der Waals surface area contributed by atoms with Gasteiger partial charge in [-0.25, -0.2) is 14.0 Å². The lowest BCUT2D eigenvalue weighted by atomic mass is 10.0. The number of carbonyl (C=O) groups excluding carboxylic acids is 2. The molecule has 2 N–H and O–H groups in total. The third-order valence-electron chi connectivity index (χ3n) is 5.56. The molecule has 0 saturated heterocycles. The fourth-order valence-corrected chi connectivity index (χ4v) is 5.87. The van der Waals surface area contributed by atoms with E-state index in [1.54, 1.807) is 6.07 Å². The molecule has 2 aromatic rings. The third kappa shape index (κ3) is 3.69. The highest BCUT2D eigenvalue weighted by atomic mass is 32.2. The number of carbonyl (C=O) groups is 2. The number of thiazole rings is 1. The lowest BCUT2D eigenvalue weighted by Gasteiger charge is -2.24. The number of hydrogen-bond acceptors (Lipinski definition) is 6. The second kappa shape index (κ2) is 6.91. The molecule has 1 aliphatic carbocycles. The molecule has 2 unspecified atom stereocenters. The highest BCUT2D eigenvalue weighted by Crippen LogP contribution is 2.42. The van der Waals surface area contributed by atoms with Crippen LogP contribution in [0.4, 0.5) is 5.13 Å². The first kappa shape index (κ1) is 20.0. The van der Waals surface area contributed by atoms with Gasteiger partial charge in [0.2, 0.25) is 5.91 Å². The molecule has 1 aromatic heterocycles. The zero-order valence-electron chi connectivity index (χ0n) is 16.9. The minimum atomic E-state index is -3.10. The van der Waals surface area contributed by atoms with E-state index in [9.17, 15) is 13.8 Å². The van der Waals surface area contributed by atoms with Crippen LogP contribution in [0.2, 0.25) is 0 Å². The molecular weight excluding hydrogens is 408 g/mol. The van der Waals surface area contributed by atoms with Crippen molar-refractivity contribution in [3.63, 3.8) is 0 Å². The zero-order valence-corrected chi connectivity index (χ0v) is 18.5. The van der Waals surface area contributed by atoms with Crippen LogP contribution in [-0.4, -0.2) is 38.2 Å². The maximum Gasteiger partial charge on any atom is 0.256 e. The fourth-order valence-electron chi connectivity index (χ4n) is 3.91. The van der Waals surface area contributed by atoms with Gasteiger partial charge < -0.3 is 10.2 Å². The molecule has 1 fully saturated rings. The summed E-state index contributed by atoms with van der Waals surface area (Å²) in [6, 6.07) is 3.77. The molecule has 1 saturated carbocycles. The minimum Gasteiger partial charge on any atom is -0.331 e. The van der Waals surface area contributed by atoms with Gasteiger partial charge >= 0.3 is 0 Å². The first-order valence-corrected chi connectivity index (χ1v) is 12.3. The van der Waals surface area contributed by atoms with Crippen molar-refractivity contribution in [1.29, 1.82) is 4.78 Å². The summed E-state index contributed by atoms with van der Waals surface area (Å²) in [6.45, 7) is 5.82. The molecule has 2 atom stereocenters. The van der Waals surface area contributed by atoms with Crippen molar-refractivity contribution >= 4 is 38.0 Å². The molecule has 7 nitrogen and oxygen atoms in total. The van der Waals surface area contributed by atoms with Gasteiger partial charge in [-0.1, -0.05) is 11.3 Å². The van der Waals surface area contributed by atoms with Crippen molar-refractivity contribution in [2.45, 2.75) is 51.1 Å². The molecule has 29 heavy (non-hydrogen) atoms. The van der Waals surface area contributed by atoms with E-state index in [1.165, 1.54) is 24.5 Å². The largest absolute Gasteiger partial charge is 0.331 e. The Morgan fingerprint density at radius 3 is 2.69 bits per heavy atom. The average Bonchev–Trinajstić information content (AvgIpc) is 3.33. The van der Waals surface area contributed by atoms with E-state index in [1.807, 2.05) is 17.9 Å². The van der Waals surface area contributed by atoms with Gasteiger partial charge in [0, 0.05) is 25.8 Å². The average molecular weight is 433 g/mol. The van der Waals surface area contributed by atoms with E-state index < -0.39 is 9.73 Å². The molecule has 0 spiro atoms. The predicted octanol–water partition coefficient (Wildman–Crippen LogP) is 3.87. The normalized spacial score (nSPS) is 19.0. The number of aryl methyl sites for hydroxylation is 1. The van der Waals surface area contributed by atoms with E-state index in [0.29, 0.717) is 23.2 Å². The Labute approximate surface area is 174 Å².